The molecule has 27 heavy (non-hydrogen) atoms. The number of anilines is 1. The number of amides is 1. The summed E-state index contributed by atoms with van der Waals surface area (Å²) in [6.45, 7) is 5.64. The molecule has 0 saturated carbocycles. The lowest BCUT2D eigenvalue weighted by atomic mass is 10.1. The summed E-state index contributed by atoms with van der Waals surface area (Å²) >= 11 is 0. The second-order valence-corrected chi connectivity index (χ2v) is 6.72. The van der Waals surface area contributed by atoms with Gasteiger partial charge in [-0.15, -0.1) is 0 Å². The molecule has 5 nitrogen and oxygen atoms in total. The highest BCUT2D eigenvalue weighted by Crippen LogP contribution is 2.28. The normalized spacial score (nSPS) is 16.0. The van der Waals surface area contributed by atoms with Gasteiger partial charge < -0.3 is 15.0 Å². The lowest BCUT2D eigenvalue weighted by molar-refractivity contribution is -0.126. The number of para-hydroxylation sites is 2. The van der Waals surface area contributed by atoms with Crippen molar-refractivity contribution in [3.63, 3.8) is 0 Å². The molecule has 6 heteroatoms. The van der Waals surface area contributed by atoms with Gasteiger partial charge in [0.2, 0.25) is 5.91 Å². The van der Waals surface area contributed by atoms with E-state index in [1.165, 1.54) is 12.1 Å². The summed E-state index contributed by atoms with van der Waals surface area (Å²) in [6.07, 6.45) is 0. The molecule has 2 aromatic rings. The quantitative estimate of drug-likeness (QED) is 0.848. The van der Waals surface area contributed by atoms with Crippen LogP contribution in [0.2, 0.25) is 0 Å². The Bertz CT molecular complexity index is 758. The van der Waals surface area contributed by atoms with E-state index in [0.717, 1.165) is 43.2 Å². The van der Waals surface area contributed by atoms with Crippen LogP contribution >= 0.6 is 0 Å². The Kier molecular flexibility index (Phi) is 6.29. The first-order valence-corrected chi connectivity index (χ1v) is 9.22. The van der Waals surface area contributed by atoms with Crippen LogP contribution in [0.3, 0.4) is 0 Å². The number of piperazine rings is 1. The van der Waals surface area contributed by atoms with E-state index in [1.807, 2.05) is 25.1 Å². The van der Waals surface area contributed by atoms with Crippen LogP contribution in [0.5, 0.6) is 5.75 Å². The van der Waals surface area contributed by atoms with Crippen molar-refractivity contribution in [3.05, 3.63) is 59.9 Å². The summed E-state index contributed by atoms with van der Waals surface area (Å²) in [5.74, 6) is 0.590. The number of hydrogen-bond donors (Lipinski definition) is 1. The molecule has 0 aliphatic carbocycles. The molecule has 1 saturated heterocycles. The molecule has 1 heterocycles. The molecule has 0 aromatic heterocycles. The Balaban J connectivity index is 1.51. The van der Waals surface area contributed by atoms with E-state index in [0.29, 0.717) is 6.54 Å². The zero-order chi connectivity index (χ0) is 19.2. The van der Waals surface area contributed by atoms with Crippen molar-refractivity contribution in [2.45, 2.75) is 19.5 Å². The number of nitrogens with zero attached hydrogens (tertiary/aromatic N) is 2. The Morgan fingerprint density at radius 2 is 1.78 bits per heavy atom. The predicted molar refractivity (Wildman–Crippen MR) is 104 cm³/mol. The maximum Gasteiger partial charge on any atom is 0.237 e. The van der Waals surface area contributed by atoms with Crippen LogP contribution in [0.1, 0.15) is 12.5 Å². The van der Waals surface area contributed by atoms with Gasteiger partial charge in [0.05, 0.1) is 18.8 Å². The van der Waals surface area contributed by atoms with Crippen molar-refractivity contribution in [3.8, 4) is 5.75 Å². The summed E-state index contributed by atoms with van der Waals surface area (Å²) in [5, 5.41) is 2.94. The van der Waals surface area contributed by atoms with Crippen LogP contribution in [0.25, 0.3) is 0 Å². The third kappa shape index (κ3) is 4.77. The maximum absolute atomic E-state index is 13.0. The number of carbonyl (C=O) groups is 1. The van der Waals surface area contributed by atoms with E-state index in [1.54, 1.807) is 19.2 Å². The largest absolute Gasteiger partial charge is 0.495 e. The first-order chi connectivity index (χ1) is 13.1. The lowest BCUT2D eigenvalue weighted by Crippen LogP contribution is -2.53. The number of ether oxygens (including phenoxy) is 1. The number of hydrogen-bond acceptors (Lipinski definition) is 4. The van der Waals surface area contributed by atoms with Gasteiger partial charge in [0, 0.05) is 32.7 Å². The topological polar surface area (TPSA) is 44.8 Å². The van der Waals surface area contributed by atoms with Gasteiger partial charge in [-0.2, -0.15) is 0 Å². The molecule has 0 spiro atoms. The molecule has 1 aliphatic heterocycles. The average Bonchev–Trinajstić information content (AvgIpc) is 2.72. The number of nitrogens with one attached hydrogen (secondary N) is 1. The maximum atomic E-state index is 13.0. The first kappa shape index (κ1) is 19.2. The molecule has 0 bridgehead atoms. The second-order valence-electron chi connectivity index (χ2n) is 6.72. The standard InChI is InChI=1S/C21H26FN3O2/c1-16(21(26)23-15-17-7-9-18(22)10-8-17)24-11-13-25(14-12-24)19-5-3-4-6-20(19)27-2/h3-10,16H,11-15H2,1-2H3,(H,23,26). The minimum atomic E-state index is -0.272. The van der Waals surface area contributed by atoms with Crippen molar-refractivity contribution >= 4 is 11.6 Å². The van der Waals surface area contributed by atoms with Gasteiger partial charge in [0.1, 0.15) is 11.6 Å². The highest BCUT2D eigenvalue weighted by molar-refractivity contribution is 5.81. The van der Waals surface area contributed by atoms with Crippen molar-refractivity contribution in [2.24, 2.45) is 0 Å². The zero-order valence-electron chi connectivity index (χ0n) is 15.8. The first-order valence-electron chi connectivity index (χ1n) is 9.22. The van der Waals surface area contributed by atoms with Crippen molar-refractivity contribution in [1.82, 2.24) is 10.2 Å². The summed E-state index contributed by atoms with van der Waals surface area (Å²) in [6, 6.07) is 14.0. The molecular weight excluding hydrogens is 345 g/mol. The molecule has 1 aliphatic rings. The van der Waals surface area contributed by atoms with Crippen molar-refractivity contribution < 1.29 is 13.9 Å². The third-order valence-corrected chi connectivity index (χ3v) is 5.05. The molecule has 2 aromatic carbocycles. The second kappa shape index (κ2) is 8.86. The summed E-state index contributed by atoms with van der Waals surface area (Å²) in [5.41, 5.74) is 1.98. The monoisotopic (exact) mass is 371 g/mol. The van der Waals surface area contributed by atoms with Crippen molar-refractivity contribution in [2.75, 3.05) is 38.2 Å². The van der Waals surface area contributed by atoms with Gasteiger partial charge in [-0.1, -0.05) is 24.3 Å². The third-order valence-electron chi connectivity index (χ3n) is 5.05. The lowest BCUT2D eigenvalue weighted by Gasteiger charge is -2.38. The Morgan fingerprint density at radius 3 is 2.44 bits per heavy atom. The fraction of sp³-hybridized carbons (Fsp3) is 0.381. The van der Waals surface area contributed by atoms with E-state index in [9.17, 15) is 9.18 Å². The predicted octanol–water partition coefficient (Wildman–Crippen LogP) is 2.66. The number of benzene rings is 2. The minimum absolute atomic E-state index is 0.00920. The van der Waals surface area contributed by atoms with Gasteiger partial charge >= 0.3 is 0 Å². The molecule has 3 rings (SSSR count). The van der Waals surface area contributed by atoms with E-state index < -0.39 is 0 Å². The molecule has 1 amide bonds. The molecule has 144 valence electrons. The van der Waals surface area contributed by atoms with Gasteiger partial charge in [-0.05, 0) is 36.8 Å². The zero-order valence-corrected chi connectivity index (χ0v) is 15.8. The highest BCUT2D eigenvalue weighted by Gasteiger charge is 2.26. The SMILES string of the molecule is COc1ccccc1N1CCN(C(C)C(=O)NCc2ccc(F)cc2)CC1. The van der Waals surface area contributed by atoms with Crippen LogP contribution in [-0.2, 0) is 11.3 Å². The van der Waals surface area contributed by atoms with E-state index in [-0.39, 0.29) is 17.8 Å². The Hall–Kier alpha value is -2.60. The summed E-state index contributed by atoms with van der Waals surface area (Å²) in [7, 11) is 1.68. The molecule has 1 unspecified atom stereocenters. The smallest absolute Gasteiger partial charge is 0.237 e. The van der Waals surface area contributed by atoms with Gasteiger partial charge in [0.15, 0.2) is 0 Å². The van der Waals surface area contributed by atoms with E-state index in [4.69, 9.17) is 4.74 Å². The summed E-state index contributed by atoms with van der Waals surface area (Å²) in [4.78, 5) is 17.0. The number of carbonyl (C=O) groups excluding carboxylic acids is 1. The fourth-order valence-electron chi connectivity index (χ4n) is 3.35. The van der Waals surface area contributed by atoms with Crippen LogP contribution in [0.4, 0.5) is 10.1 Å². The van der Waals surface area contributed by atoms with E-state index >= 15 is 0 Å². The molecule has 0 radical (unpaired) electrons. The van der Waals surface area contributed by atoms with Crippen molar-refractivity contribution in [1.29, 1.82) is 0 Å². The Morgan fingerprint density at radius 1 is 1.11 bits per heavy atom. The van der Waals surface area contributed by atoms with Crippen LogP contribution in [0, 0.1) is 5.82 Å². The molecule has 1 N–H and O–H groups in total. The minimum Gasteiger partial charge on any atom is -0.495 e. The average molecular weight is 371 g/mol. The highest BCUT2D eigenvalue weighted by atomic mass is 19.1. The number of methoxy groups -OCH3 is 1. The molecular formula is C21H26FN3O2. The van der Waals surface area contributed by atoms with E-state index in [2.05, 4.69) is 21.2 Å². The number of halogens is 1. The number of rotatable bonds is 6. The van der Waals surface area contributed by atoms with Gasteiger partial charge in [-0.3, -0.25) is 9.69 Å². The molecule has 1 atom stereocenters. The van der Waals surface area contributed by atoms with Gasteiger partial charge in [0.25, 0.3) is 0 Å². The van der Waals surface area contributed by atoms with Gasteiger partial charge in [-0.25, -0.2) is 4.39 Å². The van der Waals surface area contributed by atoms with Crippen LogP contribution in [0.15, 0.2) is 48.5 Å². The summed E-state index contributed by atoms with van der Waals surface area (Å²) < 4.78 is 18.4. The Labute approximate surface area is 159 Å². The van der Waals surface area contributed by atoms with Crippen LogP contribution < -0.4 is 15.0 Å². The fourth-order valence-corrected chi connectivity index (χ4v) is 3.35. The van der Waals surface area contributed by atoms with Crippen LogP contribution in [-0.4, -0.2) is 50.1 Å². The molecule has 1 fully saturated rings.